The van der Waals surface area contributed by atoms with Crippen LogP contribution < -0.4 is 5.73 Å². The van der Waals surface area contributed by atoms with Gasteiger partial charge in [-0.05, 0) is 37.0 Å². The van der Waals surface area contributed by atoms with Gasteiger partial charge in [0.05, 0.1) is 12.7 Å². The van der Waals surface area contributed by atoms with Gasteiger partial charge < -0.3 is 5.73 Å². The van der Waals surface area contributed by atoms with Crippen molar-refractivity contribution in [1.29, 1.82) is 0 Å². The van der Waals surface area contributed by atoms with E-state index in [1.807, 2.05) is 0 Å². The van der Waals surface area contributed by atoms with Crippen LogP contribution in [0.5, 0.6) is 0 Å². The lowest BCUT2D eigenvalue weighted by molar-refractivity contribution is 0.172. The number of hydrogen-bond donors (Lipinski definition) is 1. The molecule has 0 aliphatic heterocycles. The predicted molar refractivity (Wildman–Crippen MR) is 60.2 cm³/mol. The molecule has 1 aliphatic carbocycles. The van der Waals surface area contributed by atoms with Crippen LogP contribution in [0.25, 0.3) is 0 Å². The molecule has 2 N–H and O–H groups in total. The van der Waals surface area contributed by atoms with Crippen LogP contribution in [0.4, 0.5) is 5.82 Å². The Labute approximate surface area is 90.8 Å². The van der Waals surface area contributed by atoms with E-state index in [4.69, 9.17) is 5.73 Å². The highest BCUT2D eigenvalue weighted by atomic mass is 15.5. The molecule has 2 rings (SSSR count). The predicted octanol–water partition coefficient (Wildman–Crippen LogP) is 2.08. The Balaban J connectivity index is 1.87. The van der Waals surface area contributed by atoms with E-state index in [-0.39, 0.29) is 0 Å². The summed E-state index contributed by atoms with van der Waals surface area (Å²) in [6, 6.07) is 0. The minimum absolute atomic E-state index is 0.520. The second-order valence-electron chi connectivity index (χ2n) is 5.43. The van der Waals surface area contributed by atoms with E-state index in [0.29, 0.717) is 11.2 Å². The Morgan fingerprint density at radius 1 is 1.47 bits per heavy atom. The van der Waals surface area contributed by atoms with Crippen molar-refractivity contribution in [2.45, 2.75) is 46.1 Å². The number of rotatable bonds is 2. The molecule has 1 heterocycles. The van der Waals surface area contributed by atoms with Gasteiger partial charge in [0.15, 0.2) is 5.82 Å². The number of nitrogens with two attached hydrogens (primary N) is 1. The maximum atomic E-state index is 5.53. The fourth-order valence-corrected chi connectivity index (χ4v) is 2.27. The smallest absolute Gasteiger partial charge is 0.165 e. The van der Waals surface area contributed by atoms with Crippen molar-refractivity contribution in [3.63, 3.8) is 0 Å². The van der Waals surface area contributed by atoms with Gasteiger partial charge in [0.25, 0.3) is 0 Å². The lowest BCUT2D eigenvalue weighted by Crippen LogP contribution is -2.24. The van der Waals surface area contributed by atoms with Crippen molar-refractivity contribution in [3.8, 4) is 0 Å². The summed E-state index contributed by atoms with van der Waals surface area (Å²) in [5.41, 5.74) is 6.07. The molecule has 0 radical (unpaired) electrons. The van der Waals surface area contributed by atoms with Crippen molar-refractivity contribution >= 4 is 5.82 Å². The first-order valence-electron chi connectivity index (χ1n) is 5.71. The first-order valence-corrected chi connectivity index (χ1v) is 5.71. The Hall–Kier alpha value is -1.06. The zero-order chi connectivity index (χ0) is 10.9. The molecule has 1 aliphatic rings. The lowest BCUT2D eigenvalue weighted by atomic mass is 9.73. The van der Waals surface area contributed by atoms with Gasteiger partial charge in [0.2, 0.25) is 0 Å². The number of hydrogen-bond acceptors (Lipinski definition) is 3. The topological polar surface area (TPSA) is 56.7 Å². The summed E-state index contributed by atoms with van der Waals surface area (Å²) in [6.07, 6.45) is 6.82. The molecule has 0 aromatic carbocycles. The van der Waals surface area contributed by atoms with Crippen molar-refractivity contribution in [3.05, 3.63) is 6.20 Å². The van der Waals surface area contributed by atoms with Gasteiger partial charge in [0, 0.05) is 0 Å². The minimum Gasteiger partial charge on any atom is -0.381 e. The van der Waals surface area contributed by atoms with Gasteiger partial charge >= 0.3 is 0 Å². The number of anilines is 1. The summed E-state index contributed by atoms with van der Waals surface area (Å²) >= 11 is 0. The van der Waals surface area contributed by atoms with Crippen LogP contribution in [0.1, 0.15) is 39.5 Å². The van der Waals surface area contributed by atoms with Gasteiger partial charge in [-0.1, -0.05) is 13.8 Å². The first kappa shape index (κ1) is 10.5. The first-order chi connectivity index (χ1) is 7.05. The molecule has 0 spiro atoms. The molecule has 0 amide bonds. The van der Waals surface area contributed by atoms with Gasteiger partial charge in [-0.3, -0.25) is 0 Å². The fraction of sp³-hybridized carbons (Fsp3) is 0.818. The molecule has 1 saturated carbocycles. The third-order valence-electron chi connectivity index (χ3n) is 3.43. The molecule has 15 heavy (non-hydrogen) atoms. The van der Waals surface area contributed by atoms with Crippen LogP contribution >= 0.6 is 0 Å². The van der Waals surface area contributed by atoms with Crippen LogP contribution in [0.3, 0.4) is 0 Å². The zero-order valence-electron chi connectivity index (χ0n) is 9.61. The standard InChI is InChI=1S/C11H20N4/c1-11(2)5-3-9(4-6-11)8-15-13-7-10(12)14-15/h7,9H,3-6,8H2,1-2H3,(H2,12,14). The van der Waals surface area contributed by atoms with Crippen molar-refractivity contribution in [2.24, 2.45) is 11.3 Å². The summed E-state index contributed by atoms with van der Waals surface area (Å²) in [5.74, 6) is 1.25. The van der Waals surface area contributed by atoms with Crippen molar-refractivity contribution in [2.75, 3.05) is 5.73 Å². The van der Waals surface area contributed by atoms with Gasteiger partial charge in [-0.15, -0.1) is 5.10 Å². The van der Waals surface area contributed by atoms with Gasteiger partial charge in [-0.25, -0.2) is 0 Å². The normalized spacial score (nSPS) is 21.7. The van der Waals surface area contributed by atoms with Crippen LogP contribution in [-0.2, 0) is 6.54 Å². The second-order valence-corrected chi connectivity index (χ2v) is 5.43. The lowest BCUT2D eigenvalue weighted by Gasteiger charge is -2.33. The average molecular weight is 208 g/mol. The summed E-state index contributed by atoms with van der Waals surface area (Å²) < 4.78 is 0. The maximum absolute atomic E-state index is 5.53. The summed E-state index contributed by atoms with van der Waals surface area (Å²) in [7, 11) is 0. The number of nitrogens with zero attached hydrogens (tertiary/aromatic N) is 3. The summed E-state index contributed by atoms with van der Waals surface area (Å²) in [4.78, 5) is 1.73. The fourth-order valence-electron chi connectivity index (χ4n) is 2.27. The van der Waals surface area contributed by atoms with Crippen LogP contribution in [0.2, 0.25) is 0 Å². The SMILES string of the molecule is CC1(C)CCC(Cn2ncc(N)n2)CC1. The Bertz CT molecular complexity index is 319. The molecular weight excluding hydrogens is 188 g/mol. The Morgan fingerprint density at radius 2 is 2.13 bits per heavy atom. The van der Waals surface area contributed by atoms with Crippen LogP contribution in [0.15, 0.2) is 6.20 Å². The Morgan fingerprint density at radius 3 is 2.67 bits per heavy atom. The molecule has 4 nitrogen and oxygen atoms in total. The molecule has 84 valence electrons. The minimum atomic E-state index is 0.520. The molecule has 4 heteroatoms. The molecule has 1 fully saturated rings. The summed E-state index contributed by atoms with van der Waals surface area (Å²) in [5, 5.41) is 8.25. The quantitative estimate of drug-likeness (QED) is 0.809. The van der Waals surface area contributed by atoms with E-state index in [0.717, 1.165) is 12.5 Å². The number of nitrogen functional groups attached to an aromatic ring is 1. The third kappa shape index (κ3) is 2.70. The van der Waals surface area contributed by atoms with E-state index in [9.17, 15) is 0 Å². The van der Waals surface area contributed by atoms with E-state index in [1.54, 1.807) is 11.0 Å². The van der Waals surface area contributed by atoms with Crippen LogP contribution in [-0.4, -0.2) is 15.0 Å². The van der Waals surface area contributed by atoms with E-state index in [1.165, 1.54) is 25.7 Å². The highest BCUT2D eigenvalue weighted by molar-refractivity contribution is 5.19. The summed E-state index contributed by atoms with van der Waals surface area (Å²) in [6.45, 7) is 5.63. The second kappa shape index (κ2) is 3.83. The molecular formula is C11H20N4. The highest BCUT2D eigenvalue weighted by Gasteiger charge is 2.27. The monoisotopic (exact) mass is 208 g/mol. The molecule has 1 aromatic heterocycles. The maximum Gasteiger partial charge on any atom is 0.165 e. The van der Waals surface area contributed by atoms with E-state index >= 15 is 0 Å². The largest absolute Gasteiger partial charge is 0.381 e. The third-order valence-corrected chi connectivity index (χ3v) is 3.43. The van der Waals surface area contributed by atoms with Crippen LogP contribution in [0, 0.1) is 11.3 Å². The molecule has 0 saturated heterocycles. The van der Waals surface area contributed by atoms with Gasteiger partial charge in [-0.2, -0.15) is 9.90 Å². The van der Waals surface area contributed by atoms with E-state index in [2.05, 4.69) is 24.0 Å². The van der Waals surface area contributed by atoms with Crippen molar-refractivity contribution in [1.82, 2.24) is 15.0 Å². The Kier molecular flexibility index (Phi) is 2.67. The number of aromatic nitrogens is 3. The highest BCUT2D eigenvalue weighted by Crippen LogP contribution is 2.38. The van der Waals surface area contributed by atoms with E-state index < -0.39 is 0 Å². The van der Waals surface area contributed by atoms with Gasteiger partial charge in [0.1, 0.15) is 0 Å². The average Bonchev–Trinajstić information content (AvgIpc) is 2.55. The zero-order valence-corrected chi connectivity index (χ0v) is 9.61. The molecule has 0 unspecified atom stereocenters. The molecule has 0 bridgehead atoms. The molecule has 0 atom stereocenters. The molecule has 1 aromatic rings. The van der Waals surface area contributed by atoms with Crippen molar-refractivity contribution < 1.29 is 0 Å².